The number of aryl methyl sites for hydroxylation is 3. The molecule has 7 heteroatoms. The average Bonchev–Trinajstić information content (AvgIpc) is 3.35. The molecule has 1 unspecified atom stereocenters. The van der Waals surface area contributed by atoms with Crippen molar-refractivity contribution in [3.8, 4) is 27.4 Å². The van der Waals surface area contributed by atoms with Crippen LogP contribution in [-0.2, 0) is 11.2 Å². The minimum atomic E-state index is -1.00. The Hall–Kier alpha value is -3.94. The molecule has 0 saturated heterocycles. The van der Waals surface area contributed by atoms with Crippen LogP contribution in [0, 0.1) is 26.6 Å². The van der Waals surface area contributed by atoms with Crippen LogP contribution in [-0.4, -0.2) is 22.7 Å². The summed E-state index contributed by atoms with van der Waals surface area (Å²) >= 11 is 3.50. The third-order valence-electron chi connectivity index (χ3n) is 6.75. The fourth-order valence-electron chi connectivity index (χ4n) is 4.57. The summed E-state index contributed by atoms with van der Waals surface area (Å²) in [5.74, 6) is -0.675. The van der Waals surface area contributed by atoms with Crippen LogP contribution in [0.2, 0.25) is 0 Å². The number of thioether (sulfide) groups is 1. The first-order chi connectivity index (χ1) is 19.7. The predicted molar refractivity (Wildman–Crippen MR) is 165 cm³/mol. The highest BCUT2D eigenvalue weighted by Gasteiger charge is 2.22. The van der Waals surface area contributed by atoms with Crippen molar-refractivity contribution in [3.05, 3.63) is 124 Å². The Bertz CT molecular complexity index is 1650. The first-order valence-electron chi connectivity index (χ1n) is 13.3. The van der Waals surface area contributed by atoms with Gasteiger partial charge in [-0.2, -0.15) is 0 Å². The van der Waals surface area contributed by atoms with E-state index in [0.717, 1.165) is 44.3 Å². The molecular weight excluding hydrogens is 554 g/mol. The lowest BCUT2D eigenvalue weighted by molar-refractivity contribution is -0.139. The van der Waals surface area contributed by atoms with Crippen molar-refractivity contribution in [2.45, 2.75) is 37.3 Å². The summed E-state index contributed by atoms with van der Waals surface area (Å²) in [6, 6.07) is 29.3. The number of halogens is 1. The van der Waals surface area contributed by atoms with Crippen molar-refractivity contribution in [3.63, 3.8) is 0 Å². The molecule has 1 heterocycles. The predicted octanol–water partition coefficient (Wildman–Crippen LogP) is 9.08. The van der Waals surface area contributed by atoms with Crippen molar-refractivity contribution < 1.29 is 19.0 Å². The van der Waals surface area contributed by atoms with Gasteiger partial charge in [-0.15, -0.1) is 23.1 Å². The molecule has 0 radical (unpaired) electrons. The van der Waals surface area contributed by atoms with Gasteiger partial charge in [0.2, 0.25) is 0 Å². The normalized spacial score (nSPS) is 11.8. The molecule has 0 aliphatic carbocycles. The van der Waals surface area contributed by atoms with Crippen LogP contribution in [0.4, 0.5) is 4.39 Å². The van der Waals surface area contributed by atoms with Crippen molar-refractivity contribution >= 4 is 29.1 Å². The molecule has 1 aromatic heterocycles. The van der Waals surface area contributed by atoms with Gasteiger partial charge in [-0.05, 0) is 79.8 Å². The monoisotopic (exact) mass is 583 g/mol. The van der Waals surface area contributed by atoms with E-state index in [1.807, 2.05) is 25.1 Å². The second-order valence-corrected chi connectivity index (χ2v) is 12.3. The Balaban J connectivity index is 1.44. The number of hydrogen-bond donors (Lipinski definition) is 1. The molecule has 0 amide bonds. The van der Waals surface area contributed by atoms with Gasteiger partial charge < -0.3 is 9.84 Å². The van der Waals surface area contributed by atoms with E-state index < -0.39 is 5.97 Å². The van der Waals surface area contributed by atoms with E-state index in [9.17, 15) is 9.18 Å². The fourth-order valence-corrected chi connectivity index (χ4v) is 7.18. The lowest BCUT2D eigenvalue weighted by atomic mass is 10.0. The molecule has 208 valence electrons. The first kappa shape index (κ1) is 28.6. The van der Waals surface area contributed by atoms with E-state index in [-0.39, 0.29) is 17.7 Å². The number of carboxylic acids is 1. The molecule has 0 saturated carbocycles. The zero-order chi connectivity index (χ0) is 28.9. The highest BCUT2D eigenvalue weighted by atomic mass is 32.2. The third-order valence-corrected chi connectivity index (χ3v) is 9.43. The lowest BCUT2D eigenvalue weighted by Gasteiger charge is -2.18. The van der Waals surface area contributed by atoms with E-state index in [1.54, 1.807) is 35.2 Å². The SMILES string of the molecule is Cc1ccc(-c2nc(C)c(C(Cc3ccc(-c4ccc(F)cc4)cc3)Sc3ccc(OCC(=O)O)c(C)c3)s2)cc1. The summed E-state index contributed by atoms with van der Waals surface area (Å²) < 4.78 is 18.8. The lowest BCUT2D eigenvalue weighted by Crippen LogP contribution is -2.10. The van der Waals surface area contributed by atoms with Crippen LogP contribution < -0.4 is 4.74 Å². The highest BCUT2D eigenvalue weighted by molar-refractivity contribution is 7.99. The maximum atomic E-state index is 13.4. The van der Waals surface area contributed by atoms with Crippen molar-refractivity contribution in [2.75, 3.05) is 6.61 Å². The molecule has 0 fully saturated rings. The maximum absolute atomic E-state index is 13.4. The van der Waals surface area contributed by atoms with Crippen LogP contribution in [0.15, 0.2) is 95.9 Å². The van der Waals surface area contributed by atoms with Crippen LogP contribution in [0.1, 0.15) is 32.5 Å². The van der Waals surface area contributed by atoms with E-state index in [4.69, 9.17) is 14.8 Å². The zero-order valence-electron chi connectivity index (χ0n) is 23.1. The molecule has 0 spiro atoms. The fraction of sp³-hybridized carbons (Fsp3) is 0.176. The molecule has 5 aromatic rings. The molecule has 1 atom stereocenters. The summed E-state index contributed by atoms with van der Waals surface area (Å²) in [4.78, 5) is 18.2. The standard InChI is InChI=1S/C34H30FNO3S2/c1-21-4-8-27(9-5-21)34-36-23(3)33(41-34)31(40-29-16-17-30(22(2)18-29)39-20-32(37)38)19-24-6-10-25(11-7-24)26-12-14-28(35)15-13-26/h4-18,31H,19-20H2,1-3H3,(H,37,38). The summed E-state index contributed by atoms with van der Waals surface area (Å²) in [6.45, 7) is 5.71. The van der Waals surface area contributed by atoms with Gasteiger partial charge in [0.25, 0.3) is 0 Å². The summed E-state index contributed by atoms with van der Waals surface area (Å²) in [5.41, 5.74) is 7.44. The molecule has 0 bridgehead atoms. The summed E-state index contributed by atoms with van der Waals surface area (Å²) in [7, 11) is 0. The number of carbonyl (C=O) groups is 1. The number of benzene rings is 4. The average molecular weight is 584 g/mol. The van der Waals surface area contributed by atoms with Crippen molar-refractivity contribution in [1.29, 1.82) is 0 Å². The second-order valence-electron chi connectivity index (χ2n) is 9.96. The van der Waals surface area contributed by atoms with Gasteiger partial charge in [0.05, 0.1) is 5.69 Å². The van der Waals surface area contributed by atoms with Gasteiger partial charge >= 0.3 is 5.97 Å². The van der Waals surface area contributed by atoms with E-state index >= 15 is 0 Å². The van der Waals surface area contributed by atoms with Gasteiger partial charge in [-0.3, -0.25) is 0 Å². The second kappa shape index (κ2) is 12.7. The Morgan fingerprint density at radius 1 is 0.902 bits per heavy atom. The number of aromatic nitrogens is 1. The summed E-state index contributed by atoms with van der Waals surface area (Å²) in [5, 5.41) is 10.1. The minimum Gasteiger partial charge on any atom is -0.482 e. The number of carboxylic acid groups (broad SMARTS) is 1. The van der Waals surface area contributed by atoms with Crippen molar-refractivity contribution in [1.82, 2.24) is 4.98 Å². The minimum absolute atomic E-state index is 0.105. The molecule has 4 nitrogen and oxygen atoms in total. The maximum Gasteiger partial charge on any atom is 0.341 e. The summed E-state index contributed by atoms with van der Waals surface area (Å²) in [6.07, 6.45) is 0.793. The Morgan fingerprint density at radius 2 is 1.54 bits per heavy atom. The largest absolute Gasteiger partial charge is 0.482 e. The number of thiazole rings is 1. The molecule has 0 aliphatic rings. The topological polar surface area (TPSA) is 59.4 Å². The number of ether oxygens (including phenoxy) is 1. The number of hydrogen-bond acceptors (Lipinski definition) is 5. The molecule has 4 aromatic carbocycles. The zero-order valence-corrected chi connectivity index (χ0v) is 24.7. The smallest absolute Gasteiger partial charge is 0.341 e. The van der Waals surface area contributed by atoms with Gasteiger partial charge in [-0.25, -0.2) is 14.2 Å². The van der Waals surface area contributed by atoms with E-state index in [1.165, 1.54) is 28.1 Å². The third kappa shape index (κ3) is 7.23. The Morgan fingerprint density at radius 3 is 2.17 bits per heavy atom. The van der Waals surface area contributed by atoms with Gasteiger partial charge in [0.15, 0.2) is 6.61 Å². The highest BCUT2D eigenvalue weighted by Crippen LogP contribution is 2.44. The Labute approximate surface area is 247 Å². The van der Waals surface area contributed by atoms with Crippen LogP contribution in [0.3, 0.4) is 0 Å². The molecule has 1 N–H and O–H groups in total. The molecular formula is C34H30FNO3S2. The first-order valence-corrected chi connectivity index (χ1v) is 15.0. The van der Waals surface area contributed by atoms with Crippen LogP contribution in [0.5, 0.6) is 5.75 Å². The number of nitrogens with zero attached hydrogens (tertiary/aromatic N) is 1. The van der Waals surface area contributed by atoms with E-state index in [0.29, 0.717) is 5.75 Å². The number of aliphatic carboxylic acids is 1. The van der Waals surface area contributed by atoms with Gasteiger partial charge in [-0.1, -0.05) is 66.2 Å². The van der Waals surface area contributed by atoms with E-state index in [2.05, 4.69) is 62.4 Å². The van der Waals surface area contributed by atoms with Gasteiger partial charge in [0.1, 0.15) is 16.6 Å². The van der Waals surface area contributed by atoms with Gasteiger partial charge in [0, 0.05) is 20.6 Å². The number of rotatable bonds is 10. The van der Waals surface area contributed by atoms with Crippen LogP contribution >= 0.6 is 23.1 Å². The molecule has 0 aliphatic heterocycles. The molecule has 5 rings (SSSR count). The Kier molecular flexibility index (Phi) is 8.86. The quantitative estimate of drug-likeness (QED) is 0.166. The molecule has 41 heavy (non-hydrogen) atoms. The van der Waals surface area contributed by atoms with Crippen LogP contribution in [0.25, 0.3) is 21.7 Å². The van der Waals surface area contributed by atoms with Crippen molar-refractivity contribution in [2.24, 2.45) is 0 Å².